The topological polar surface area (TPSA) is 84.9 Å². The SMILES string of the molecule is CCC(COC(C)C(=O)O)NC(=O)OCC1c2ccccc2-c2ccccc21. The Balaban J connectivity index is 1.59. The lowest BCUT2D eigenvalue weighted by Crippen LogP contribution is -2.40. The van der Waals surface area contributed by atoms with Crippen molar-refractivity contribution >= 4 is 12.1 Å². The third-order valence-corrected chi connectivity index (χ3v) is 5.05. The highest BCUT2D eigenvalue weighted by atomic mass is 16.6. The average Bonchev–Trinajstić information content (AvgIpc) is 3.03. The summed E-state index contributed by atoms with van der Waals surface area (Å²) in [4.78, 5) is 23.1. The minimum atomic E-state index is -1.03. The summed E-state index contributed by atoms with van der Waals surface area (Å²) in [5, 5.41) is 11.6. The number of alkyl carbamates (subject to hydrolysis) is 1. The zero-order valence-electron chi connectivity index (χ0n) is 16.1. The molecule has 0 radical (unpaired) electrons. The Morgan fingerprint density at radius 2 is 1.64 bits per heavy atom. The Morgan fingerprint density at radius 3 is 2.18 bits per heavy atom. The molecular formula is C22H25NO5. The molecule has 1 aliphatic rings. The van der Waals surface area contributed by atoms with Crippen LogP contribution >= 0.6 is 0 Å². The Labute approximate surface area is 164 Å². The average molecular weight is 383 g/mol. The van der Waals surface area contributed by atoms with Crippen molar-refractivity contribution in [2.75, 3.05) is 13.2 Å². The van der Waals surface area contributed by atoms with Gasteiger partial charge in [-0.1, -0.05) is 55.5 Å². The zero-order valence-corrected chi connectivity index (χ0v) is 16.1. The highest BCUT2D eigenvalue weighted by Crippen LogP contribution is 2.44. The maximum atomic E-state index is 12.3. The van der Waals surface area contributed by atoms with Crippen LogP contribution in [0.4, 0.5) is 4.79 Å². The van der Waals surface area contributed by atoms with Crippen LogP contribution in [-0.2, 0) is 14.3 Å². The number of aliphatic carboxylic acids is 1. The maximum absolute atomic E-state index is 12.3. The predicted molar refractivity (Wildman–Crippen MR) is 105 cm³/mol. The summed E-state index contributed by atoms with van der Waals surface area (Å²) < 4.78 is 10.8. The Kier molecular flexibility index (Phi) is 6.31. The van der Waals surface area contributed by atoms with E-state index in [1.54, 1.807) is 0 Å². The fourth-order valence-corrected chi connectivity index (χ4v) is 3.40. The van der Waals surface area contributed by atoms with E-state index in [2.05, 4.69) is 29.6 Å². The molecule has 2 atom stereocenters. The first-order chi connectivity index (χ1) is 13.5. The number of benzene rings is 2. The molecule has 0 bridgehead atoms. The number of carboxylic acids is 1. The molecule has 0 spiro atoms. The minimum absolute atomic E-state index is 0.00140. The van der Waals surface area contributed by atoms with Gasteiger partial charge < -0.3 is 19.9 Å². The van der Waals surface area contributed by atoms with Gasteiger partial charge in [0, 0.05) is 5.92 Å². The molecule has 6 nitrogen and oxygen atoms in total. The fraction of sp³-hybridized carbons (Fsp3) is 0.364. The second-order valence-corrected chi connectivity index (χ2v) is 6.89. The van der Waals surface area contributed by atoms with Crippen molar-refractivity contribution in [2.45, 2.75) is 38.3 Å². The van der Waals surface area contributed by atoms with Crippen molar-refractivity contribution in [3.63, 3.8) is 0 Å². The normalized spacial score (nSPS) is 14.6. The lowest BCUT2D eigenvalue weighted by Gasteiger charge is -2.20. The molecule has 2 unspecified atom stereocenters. The molecule has 2 aromatic rings. The molecule has 0 aromatic heterocycles. The number of carbonyl (C=O) groups is 2. The first kappa shape index (κ1) is 19.9. The molecule has 1 aliphatic carbocycles. The summed E-state index contributed by atoms with van der Waals surface area (Å²) >= 11 is 0. The number of carboxylic acid groups (broad SMARTS) is 1. The third kappa shape index (κ3) is 4.34. The summed E-state index contributed by atoms with van der Waals surface area (Å²) in [6.07, 6.45) is -0.838. The largest absolute Gasteiger partial charge is 0.479 e. The molecule has 28 heavy (non-hydrogen) atoms. The molecule has 2 aromatic carbocycles. The number of amides is 1. The van der Waals surface area contributed by atoms with E-state index in [-0.39, 0.29) is 25.2 Å². The summed E-state index contributed by atoms with van der Waals surface area (Å²) in [5.74, 6) is -1.03. The monoisotopic (exact) mass is 383 g/mol. The molecule has 6 heteroatoms. The lowest BCUT2D eigenvalue weighted by atomic mass is 9.98. The first-order valence-electron chi connectivity index (χ1n) is 9.47. The number of ether oxygens (including phenoxy) is 2. The fourth-order valence-electron chi connectivity index (χ4n) is 3.40. The van der Waals surface area contributed by atoms with Gasteiger partial charge in [0.25, 0.3) is 0 Å². The van der Waals surface area contributed by atoms with Crippen LogP contribution in [0.25, 0.3) is 11.1 Å². The predicted octanol–water partition coefficient (Wildman–Crippen LogP) is 3.79. The number of hydrogen-bond donors (Lipinski definition) is 2. The maximum Gasteiger partial charge on any atom is 0.407 e. The molecule has 148 valence electrons. The molecule has 0 heterocycles. The number of carbonyl (C=O) groups excluding carboxylic acids is 1. The standard InChI is InChI=1S/C22H25NO5/c1-3-15(12-27-14(2)21(24)25)23-22(26)28-13-20-18-10-6-4-8-16(18)17-9-5-7-11-19(17)20/h4-11,14-15,20H,3,12-13H2,1-2H3,(H,23,26)(H,24,25). The Bertz CT molecular complexity index is 805. The van der Waals surface area contributed by atoms with Gasteiger partial charge in [0.1, 0.15) is 6.61 Å². The molecule has 0 fully saturated rings. The summed E-state index contributed by atoms with van der Waals surface area (Å²) in [5.41, 5.74) is 4.66. The van der Waals surface area contributed by atoms with E-state index in [0.29, 0.717) is 6.42 Å². The van der Waals surface area contributed by atoms with Gasteiger partial charge in [0.15, 0.2) is 6.10 Å². The van der Waals surface area contributed by atoms with Crippen molar-refractivity contribution in [2.24, 2.45) is 0 Å². The van der Waals surface area contributed by atoms with Crippen LogP contribution in [0.5, 0.6) is 0 Å². The van der Waals surface area contributed by atoms with Crippen LogP contribution in [0.3, 0.4) is 0 Å². The number of hydrogen-bond acceptors (Lipinski definition) is 4. The van der Waals surface area contributed by atoms with E-state index in [1.807, 2.05) is 31.2 Å². The minimum Gasteiger partial charge on any atom is -0.479 e. The van der Waals surface area contributed by atoms with Gasteiger partial charge in [-0.3, -0.25) is 0 Å². The second kappa shape index (κ2) is 8.89. The van der Waals surface area contributed by atoms with Crippen molar-refractivity contribution in [1.82, 2.24) is 5.32 Å². The van der Waals surface area contributed by atoms with Gasteiger partial charge >= 0.3 is 12.1 Å². The molecule has 0 saturated heterocycles. The van der Waals surface area contributed by atoms with E-state index in [1.165, 1.54) is 18.1 Å². The number of fused-ring (bicyclic) bond motifs is 3. The van der Waals surface area contributed by atoms with Gasteiger partial charge in [0.2, 0.25) is 0 Å². The summed E-state index contributed by atoms with van der Waals surface area (Å²) in [6.45, 7) is 3.71. The number of rotatable bonds is 8. The summed E-state index contributed by atoms with van der Waals surface area (Å²) in [7, 11) is 0. The van der Waals surface area contributed by atoms with Crippen LogP contribution < -0.4 is 5.32 Å². The van der Waals surface area contributed by atoms with Crippen molar-refractivity contribution in [3.8, 4) is 11.1 Å². The molecular weight excluding hydrogens is 358 g/mol. The van der Waals surface area contributed by atoms with Crippen LogP contribution in [0.15, 0.2) is 48.5 Å². The van der Waals surface area contributed by atoms with Gasteiger partial charge in [-0.25, -0.2) is 9.59 Å². The summed E-state index contributed by atoms with van der Waals surface area (Å²) in [6, 6.07) is 16.0. The third-order valence-electron chi connectivity index (χ3n) is 5.05. The molecule has 2 N–H and O–H groups in total. The molecule has 1 amide bonds. The van der Waals surface area contributed by atoms with Gasteiger partial charge in [0.05, 0.1) is 12.6 Å². The smallest absolute Gasteiger partial charge is 0.407 e. The molecule has 0 aliphatic heterocycles. The van der Waals surface area contributed by atoms with E-state index in [0.717, 1.165) is 11.1 Å². The van der Waals surface area contributed by atoms with E-state index in [9.17, 15) is 9.59 Å². The van der Waals surface area contributed by atoms with Crippen molar-refractivity contribution in [3.05, 3.63) is 59.7 Å². The Morgan fingerprint density at radius 1 is 1.07 bits per heavy atom. The highest BCUT2D eigenvalue weighted by molar-refractivity contribution is 5.79. The van der Waals surface area contributed by atoms with E-state index < -0.39 is 18.2 Å². The van der Waals surface area contributed by atoms with Crippen LogP contribution in [0.2, 0.25) is 0 Å². The van der Waals surface area contributed by atoms with Gasteiger partial charge in [-0.15, -0.1) is 0 Å². The molecule has 3 rings (SSSR count). The second-order valence-electron chi connectivity index (χ2n) is 6.89. The van der Waals surface area contributed by atoms with Crippen LogP contribution in [-0.4, -0.2) is 42.5 Å². The molecule has 0 saturated carbocycles. The quantitative estimate of drug-likeness (QED) is 0.724. The Hall–Kier alpha value is -2.86. The number of nitrogens with one attached hydrogen (secondary N) is 1. The van der Waals surface area contributed by atoms with Gasteiger partial charge in [-0.2, -0.15) is 0 Å². The van der Waals surface area contributed by atoms with Crippen molar-refractivity contribution in [1.29, 1.82) is 0 Å². The lowest BCUT2D eigenvalue weighted by molar-refractivity contribution is -0.149. The van der Waals surface area contributed by atoms with Crippen molar-refractivity contribution < 1.29 is 24.2 Å². The highest BCUT2D eigenvalue weighted by Gasteiger charge is 2.29. The van der Waals surface area contributed by atoms with E-state index in [4.69, 9.17) is 14.6 Å². The van der Waals surface area contributed by atoms with Crippen LogP contribution in [0, 0.1) is 0 Å². The zero-order chi connectivity index (χ0) is 20.1. The van der Waals surface area contributed by atoms with Crippen LogP contribution in [0.1, 0.15) is 37.3 Å². The first-order valence-corrected chi connectivity index (χ1v) is 9.47. The van der Waals surface area contributed by atoms with Gasteiger partial charge in [-0.05, 0) is 35.6 Å². The van der Waals surface area contributed by atoms with E-state index >= 15 is 0 Å².